The van der Waals surface area contributed by atoms with Crippen molar-refractivity contribution >= 4 is 29.4 Å². The average Bonchev–Trinajstić information content (AvgIpc) is 2.84. The van der Waals surface area contributed by atoms with E-state index in [-0.39, 0.29) is 26.2 Å². The van der Waals surface area contributed by atoms with Gasteiger partial charge in [-0.15, -0.1) is 11.6 Å². The van der Waals surface area contributed by atoms with Crippen LogP contribution in [0.5, 0.6) is 0 Å². The van der Waals surface area contributed by atoms with Crippen LogP contribution in [0.2, 0.25) is 0 Å². The van der Waals surface area contributed by atoms with Crippen LogP contribution in [0.3, 0.4) is 0 Å². The number of carbonyl (C=O) groups excluding carboxylic acids is 3. The van der Waals surface area contributed by atoms with E-state index in [1.54, 1.807) is 29.6 Å². The molecule has 1 unspecified atom stereocenters. The molecule has 2 saturated heterocycles. The molecule has 2 aliphatic rings. The Morgan fingerprint density at radius 3 is 2.47 bits per heavy atom. The van der Waals surface area contributed by atoms with Crippen LogP contribution in [-0.4, -0.2) is 80.4 Å². The minimum absolute atomic E-state index is 0.00739. The summed E-state index contributed by atoms with van der Waals surface area (Å²) in [7, 11) is 0. The lowest BCUT2D eigenvalue weighted by molar-refractivity contribution is -0.362. The summed E-state index contributed by atoms with van der Waals surface area (Å²) in [5.41, 5.74) is 0.696. The molecule has 1 amide bonds. The van der Waals surface area contributed by atoms with Crippen molar-refractivity contribution in [2.24, 2.45) is 0 Å². The molecule has 2 fully saturated rings. The predicted molar refractivity (Wildman–Crippen MR) is 114 cm³/mol. The number of alkyl halides is 4. The monoisotopic (exact) mass is 539 g/mol. The maximum absolute atomic E-state index is 12.3. The minimum Gasteiger partial charge on any atom is -0.454 e. The van der Waals surface area contributed by atoms with Crippen LogP contribution in [-0.2, 0) is 42.8 Å². The predicted octanol–water partition coefficient (Wildman–Crippen LogP) is 1.99. The summed E-state index contributed by atoms with van der Waals surface area (Å²) >= 11 is 5.61. The molecule has 14 heteroatoms. The lowest BCUT2D eigenvalue weighted by atomic mass is 9.97. The van der Waals surface area contributed by atoms with Gasteiger partial charge in [0.05, 0.1) is 13.2 Å². The number of benzene rings is 1. The molecule has 0 saturated carbocycles. The quantitative estimate of drug-likeness (QED) is 0.285. The molecule has 1 aromatic rings. The molecule has 0 bridgehead atoms. The zero-order valence-electron chi connectivity index (χ0n) is 19.1. The molecule has 3 rings (SSSR count). The van der Waals surface area contributed by atoms with Gasteiger partial charge in [-0.2, -0.15) is 13.2 Å². The molecule has 2 aliphatic heterocycles. The van der Waals surface area contributed by atoms with E-state index in [4.69, 9.17) is 40.0 Å². The van der Waals surface area contributed by atoms with Crippen molar-refractivity contribution in [2.75, 3.05) is 25.6 Å². The van der Waals surface area contributed by atoms with Crippen LogP contribution in [0.25, 0.3) is 0 Å². The van der Waals surface area contributed by atoms with E-state index in [2.05, 4.69) is 0 Å². The number of esters is 2. The Bertz CT molecular complexity index is 905. The van der Waals surface area contributed by atoms with Gasteiger partial charge in [0, 0.05) is 19.0 Å². The fraction of sp³-hybridized carbons (Fsp3) is 0.591. The van der Waals surface area contributed by atoms with Crippen molar-refractivity contribution in [1.82, 2.24) is 5.32 Å². The number of hydrogen-bond donors (Lipinski definition) is 1. The maximum atomic E-state index is 12.3. The fourth-order valence-corrected chi connectivity index (χ4v) is 3.73. The smallest absolute Gasteiger partial charge is 0.454 e. The largest absolute Gasteiger partial charge is 0.471 e. The van der Waals surface area contributed by atoms with Crippen molar-refractivity contribution in [3.8, 4) is 0 Å². The van der Waals surface area contributed by atoms with Crippen LogP contribution >= 0.6 is 11.6 Å². The third kappa shape index (κ3) is 7.53. The second-order valence-corrected chi connectivity index (χ2v) is 8.13. The highest BCUT2D eigenvalue weighted by Gasteiger charge is 2.54. The van der Waals surface area contributed by atoms with E-state index < -0.39 is 66.9 Å². The number of halogens is 4. The lowest BCUT2D eigenvalue weighted by Crippen LogP contribution is -2.64. The van der Waals surface area contributed by atoms with Crippen LogP contribution in [0.4, 0.5) is 13.2 Å². The minimum atomic E-state index is -5.00. The van der Waals surface area contributed by atoms with Crippen molar-refractivity contribution < 1.29 is 56.0 Å². The topological polar surface area (TPSA) is 119 Å². The first kappa shape index (κ1) is 28.1. The van der Waals surface area contributed by atoms with Crippen LogP contribution in [0, 0.1) is 0 Å². The fourth-order valence-electron chi connectivity index (χ4n) is 3.67. The molecule has 0 aliphatic carbocycles. The summed E-state index contributed by atoms with van der Waals surface area (Å²) in [5, 5.41) is 1.72. The number of ether oxygens (including phenoxy) is 6. The van der Waals surface area contributed by atoms with Gasteiger partial charge in [-0.3, -0.25) is 14.4 Å². The van der Waals surface area contributed by atoms with E-state index in [1.807, 2.05) is 6.07 Å². The van der Waals surface area contributed by atoms with Crippen LogP contribution in [0.15, 0.2) is 30.3 Å². The van der Waals surface area contributed by atoms with Gasteiger partial charge in [-0.1, -0.05) is 30.3 Å². The van der Waals surface area contributed by atoms with Crippen molar-refractivity contribution in [2.45, 2.75) is 56.5 Å². The molecule has 2 heterocycles. The third-order valence-electron chi connectivity index (χ3n) is 5.18. The summed E-state index contributed by atoms with van der Waals surface area (Å²) in [6.45, 7) is 0.634. The molecule has 200 valence electrons. The number of nitrogens with one attached hydrogen (secondary N) is 1. The van der Waals surface area contributed by atoms with Crippen LogP contribution < -0.4 is 5.32 Å². The normalized spacial score (nSPS) is 28.0. The molecule has 0 spiro atoms. The zero-order chi connectivity index (χ0) is 26.3. The Labute approximate surface area is 209 Å². The van der Waals surface area contributed by atoms with Crippen LogP contribution in [0.1, 0.15) is 25.2 Å². The van der Waals surface area contributed by atoms with E-state index in [0.29, 0.717) is 5.56 Å². The van der Waals surface area contributed by atoms with Crippen molar-refractivity contribution in [3.63, 3.8) is 0 Å². The Kier molecular flexibility index (Phi) is 9.91. The first-order valence-corrected chi connectivity index (χ1v) is 11.5. The first-order valence-electron chi connectivity index (χ1n) is 11.0. The molecule has 1 N–H and O–H groups in total. The standard InChI is InChI=1S/C22H25ClF3NO9/c1-12(28)33-18-17(35-15(29)10-23)16-14(11-32-19(36-16)13-6-3-2-4-7-13)34-20(18)31-9-5-8-27-21(30)22(24,25)26/h2-4,6-7,14,16-20H,5,8-11H2,1H3,(H,27,30)/t14-,16+,17+,18-,19?,20-/m1/s1. The highest BCUT2D eigenvalue weighted by atomic mass is 35.5. The molecule has 6 atom stereocenters. The summed E-state index contributed by atoms with van der Waals surface area (Å²) in [5.74, 6) is -4.09. The van der Waals surface area contributed by atoms with E-state index in [0.717, 1.165) is 6.92 Å². The molecule has 1 aromatic carbocycles. The lowest BCUT2D eigenvalue weighted by Gasteiger charge is -2.48. The summed E-state index contributed by atoms with van der Waals surface area (Å²) in [6.07, 6.45) is -11.3. The Balaban J connectivity index is 1.71. The zero-order valence-corrected chi connectivity index (χ0v) is 19.8. The molecule has 10 nitrogen and oxygen atoms in total. The first-order chi connectivity index (χ1) is 17.1. The maximum Gasteiger partial charge on any atom is 0.471 e. The third-order valence-corrected chi connectivity index (χ3v) is 5.40. The Hall–Kier alpha value is -2.45. The average molecular weight is 540 g/mol. The Morgan fingerprint density at radius 1 is 1.11 bits per heavy atom. The SMILES string of the molecule is CC(=O)O[C@H]1[C@H](OCCCNC(=O)C(F)(F)F)O[C@@H]2COC(c3ccccc3)O[C@@H]2[C@@H]1OC(=O)CCl. The van der Waals surface area contributed by atoms with Gasteiger partial charge in [0.2, 0.25) is 0 Å². The summed E-state index contributed by atoms with van der Waals surface area (Å²) < 4.78 is 71.0. The number of fused-ring (bicyclic) bond motifs is 1. The number of carbonyl (C=O) groups is 3. The molecular weight excluding hydrogens is 515 g/mol. The van der Waals surface area contributed by atoms with Gasteiger partial charge in [0.1, 0.15) is 18.1 Å². The Morgan fingerprint density at radius 2 is 1.83 bits per heavy atom. The second-order valence-electron chi connectivity index (χ2n) is 7.86. The molecule has 0 radical (unpaired) electrons. The highest BCUT2D eigenvalue weighted by Crippen LogP contribution is 2.36. The van der Waals surface area contributed by atoms with E-state index in [9.17, 15) is 27.6 Å². The van der Waals surface area contributed by atoms with Gasteiger partial charge < -0.3 is 33.7 Å². The molecule has 36 heavy (non-hydrogen) atoms. The van der Waals surface area contributed by atoms with E-state index in [1.165, 1.54) is 0 Å². The van der Waals surface area contributed by atoms with E-state index >= 15 is 0 Å². The molecule has 0 aromatic heterocycles. The second kappa shape index (κ2) is 12.7. The van der Waals surface area contributed by atoms with Gasteiger partial charge in [-0.05, 0) is 6.42 Å². The van der Waals surface area contributed by atoms with Gasteiger partial charge in [0.15, 0.2) is 24.8 Å². The number of rotatable bonds is 9. The van der Waals surface area contributed by atoms with Crippen molar-refractivity contribution in [1.29, 1.82) is 0 Å². The number of hydrogen-bond acceptors (Lipinski definition) is 9. The number of amides is 1. The summed E-state index contributed by atoms with van der Waals surface area (Å²) in [4.78, 5) is 34.8. The van der Waals surface area contributed by atoms with Gasteiger partial charge in [-0.25, -0.2) is 0 Å². The summed E-state index contributed by atoms with van der Waals surface area (Å²) in [6, 6.07) is 8.96. The van der Waals surface area contributed by atoms with Gasteiger partial charge >= 0.3 is 24.0 Å². The highest BCUT2D eigenvalue weighted by molar-refractivity contribution is 6.26. The van der Waals surface area contributed by atoms with Crippen molar-refractivity contribution in [3.05, 3.63) is 35.9 Å². The molecular formula is C22H25ClF3NO9. The van der Waals surface area contributed by atoms with Gasteiger partial charge in [0.25, 0.3) is 0 Å².